The molecular weight excluding hydrogens is 432 g/mol. The summed E-state index contributed by atoms with van der Waals surface area (Å²) in [4.78, 5) is 44.3. The molecule has 0 radical (unpaired) electrons. The first-order valence-corrected chi connectivity index (χ1v) is 12.9. The van der Waals surface area contributed by atoms with Crippen LogP contribution in [0.5, 0.6) is 0 Å². The van der Waals surface area contributed by atoms with Gasteiger partial charge in [0.1, 0.15) is 9.66 Å². The minimum absolute atomic E-state index is 0.0703. The Bertz CT molecular complexity index is 1270. The summed E-state index contributed by atoms with van der Waals surface area (Å²) in [7, 11) is 2.64. The number of aromatic nitrogens is 4. The molecule has 0 spiro atoms. The number of fused-ring (bicyclic) bond motifs is 6. The van der Waals surface area contributed by atoms with E-state index in [1.807, 2.05) is 0 Å². The van der Waals surface area contributed by atoms with Crippen molar-refractivity contribution in [1.29, 1.82) is 0 Å². The molecule has 0 saturated heterocycles. The van der Waals surface area contributed by atoms with Gasteiger partial charge in [-0.05, 0) is 71.2 Å². The molecule has 2 aliphatic rings. The SMILES string of the molecule is O=c1[nH]c(SSc2nc3sc4c(c3c(=O)[nH]2)CCC4)nc2sc3c(c12)CCC3. The van der Waals surface area contributed by atoms with Crippen LogP contribution in [0, 0.1) is 0 Å². The molecule has 0 atom stereocenters. The minimum atomic E-state index is -0.0703. The van der Waals surface area contributed by atoms with E-state index in [4.69, 9.17) is 0 Å². The summed E-state index contributed by atoms with van der Waals surface area (Å²) in [5.74, 6) is 0. The van der Waals surface area contributed by atoms with Crippen molar-refractivity contribution in [2.75, 3.05) is 0 Å². The van der Waals surface area contributed by atoms with Crippen molar-refractivity contribution in [2.24, 2.45) is 0 Å². The van der Waals surface area contributed by atoms with Gasteiger partial charge in [0.2, 0.25) is 0 Å². The van der Waals surface area contributed by atoms with Gasteiger partial charge in [0.05, 0.1) is 10.8 Å². The van der Waals surface area contributed by atoms with Crippen LogP contribution in [-0.2, 0) is 25.7 Å². The third-order valence-electron chi connectivity index (χ3n) is 5.31. The summed E-state index contributed by atoms with van der Waals surface area (Å²) < 4.78 is 0. The zero-order valence-corrected chi connectivity index (χ0v) is 17.9. The molecular formula is C18H14N4O2S4. The van der Waals surface area contributed by atoms with Gasteiger partial charge in [0.25, 0.3) is 11.1 Å². The third-order valence-corrected chi connectivity index (χ3v) is 9.66. The summed E-state index contributed by atoms with van der Waals surface area (Å²) in [6.45, 7) is 0. The summed E-state index contributed by atoms with van der Waals surface area (Å²) in [5, 5.41) is 2.60. The lowest BCUT2D eigenvalue weighted by Crippen LogP contribution is -2.09. The van der Waals surface area contributed by atoms with E-state index in [2.05, 4.69) is 19.9 Å². The fourth-order valence-corrected chi connectivity index (χ4v) is 8.39. The van der Waals surface area contributed by atoms with Crippen LogP contribution < -0.4 is 11.1 Å². The second-order valence-electron chi connectivity index (χ2n) is 6.98. The van der Waals surface area contributed by atoms with E-state index in [0.29, 0.717) is 10.3 Å². The molecule has 6 nitrogen and oxygen atoms in total. The number of nitrogens with one attached hydrogen (secondary N) is 2. The van der Waals surface area contributed by atoms with Crippen molar-refractivity contribution in [2.45, 2.75) is 48.8 Å². The summed E-state index contributed by atoms with van der Waals surface area (Å²) in [6, 6.07) is 0. The van der Waals surface area contributed by atoms with E-state index < -0.39 is 0 Å². The number of aromatic amines is 2. The summed E-state index contributed by atoms with van der Waals surface area (Å²) in [6.07, 6.45) is 6.27. The van der Waals surface area contributed by atoms with Crippen molar-refractivity contribution < 1.29 is 0 Å². The predicted molar refractivity (Wildman–Crippen MR) is 116 cm³/mol. The lowest BCUT2D eigenvalue weighted by molar-refractivity contribution is 0.914. The first-order valence-electron chi connectivity index (χ1n) is 9.11. The molecule has 0 aliphatic heterocycles. The highest BCUT2D eigenvalue weighted by Gasteiger charge is 2.23. The van der Waals surface area contributed by atoms with Crippen LogP contribution in [0.2, 0.25) is 0 Å². The molecule has 10 heteroatoms. The van der Waals surface area contributed by atoms with E-state index in [1.54, 1.807) is 22.7 Å². The van der Waals surface area contributed by atoms with Gasteiger partial charge in [0, 0.05) is 9.75 Å². The number of nitrogens with zero attached hydrogens (tertiary/aromatic N) is 2. The number of hydrogen-bond acceptors (Lipinski definition) is 8. The van der Waals surface area contributed by atoms with Gasteiger partial charge in [-0.3, -0.25) is 9.59 Å². The Morgan fingerprint density at radius 1 is 0.714 bits per heavy atom. The summed E-state index contributed by atoms with van der Waals surface area (Å²) in [5.41, 5.74) is 2.22. The largest absolute Gasteiger partial charge is 0.300 e. The normalized spacial score (nSPS) is 15.6. The monoisotopic (exact) mass is 446 g/mol. The van der Waals surface area contributed by atoms with E-state index >= 15 is 0 Å². The number of hydrogen-bond donors (Lipinski definition) is 2. The second-order valence-corrected chi connectivity index (χ2v) is 11.3. The quantitative estimate of drug-likeness (QED) is 0.364. The van der Waals surface area contributed by atoms with Crippen molar-refractivity contribution in [3.8, 4) is 0 Å². The number of thiophene rings is 2. The van der Waals surface area contributed by atoms with Gasteiger partial charge in [-0.25, -0.2) is 9.97 Å². The van der Waals surface area contributed by atoms with E-state index in [-0.39, 0.29) is 11.1 Å². The first kappa shape index (κ1) is 17.3. The molecule has 0 fully saturated rings. The maximum absolute atomic E-state index is 12.6. The van der Waals surface area contributed by atoms with Crippen molar-refractivity contribution >= 4 is 64.7 Å². The standard InChI is InChI=1S/C18H14N4O2S4/c23-13-11-7-3-1-5-9(7)25-15(11)21-17(19-13)27-28-18-20-14(24)12-8-4-2-6-10(8)26-16(12)22-18/h1-6H2,(H,19,21,23)(H,20,22,24). The summed E-state index contributed by atoms with van der Waals surface area (Å²) >= 11 is 3.26. The van der Waals surface area contributed by atoms with Gasteiger partial charge in [-0.2, -0.15) is 0 Å². The minimum Gasteiger partial charge on any atom is -0.300 e. The Balaban J connectivity index is 1.32. The van der Waals surface area contributed by atoms with Crippen molar-refractivity contribution in [3.63, 3.8) is 0 Å². The van der Waals surface area contributed by atoms with Crippen LogP contribution in [0.4, 0.5) is 0 Å². The van der Waals surface area contributed by atoms with E-state index in [1.165, 1.54) is 42.5 Å². The van der Waals surface area contributed by atoms with Crippen LogP contribution >= 0.6 is 44.3 Å². The zero-order chi connectivity index (χ0) is 18.8. The Morgan fingerprint density at radius 3 is 1.64 bits per heavy atom. The van der Waals surface area contributed by atoms with Gasteiger partial charge in [-0.15, -0.1) is 22.7 Å². The predicted octanol–water partition coefficient (Wildman–Crippen LogP) is 4.06. The van der Waals surface area contributed by atoms with Gasteiger partial charge >= 0.3 is 0 Å². The van der Waals surface area contributed by atoms with Gasteiger partial charge in [-0.1, -0.05) is 0 Å². The third kappa shape index (κ3) is 2.62. The van der Waals surface area contributed by atoms with Crippen molar-refractivity contribution in [3.05, 3.63) is 41.6 Å². The Morgan fingerprint density at radius 2 is 1.18 bits per heavy atom. The van der Waals surface area contributed by atoms with Gasteiger partial charge in [0.15, 0.2) is 10.3 Å². The van der Waals surface area contributed by atoms with E-state index in [9.17, 15) is 9.59 Å². The molecule has 2 N–H and O–H groups in total. The molecule has 4 heterocycles. The molecule has 0 amide bonds. The maximum atomic E-state index is 12.6. The fraction of sp³-hybridized carbons (Fsp3) is 0.333. The first-order chi connectivity index (χ1) is 13.7. The van der Waals surface area contributed by atoms with Crippen LogP contribution in [0.3, 0.4) is 0 Å². The molecule has 4 aromatic heterocycles. The van der Waals surface area contributed by atoms with Crippen LogP contribution in [-0.4, -0.2) is 19.9 Å². The average molecular weight is 447 g/mol. The van der Waals surface area contributed by atoms with E-state index in [0.717, 1.165) is 59.0 Å². The smallest absolute Gasteiger partial charge is 0.260 e. The number of H-pyrrole nitrogens is 2. The molecule has 0 bridgehead atoms. The Kier molecular flexibility index (Phi) is 3.97. The number of aryl methyl sites for hydroxylation is 4. The lowest BCUT2D eigenvalue weighted by Gasteiger charge is -2.01. The highest BCUT2D eigenvalue weighted by molar-refractivity contribution is 8.76. The molecule has 2 aliphatic carbocycles. The Labute approximate surface area is 174 Å². The molecule has 4 aromatic rings. The molecule has 0 unspecified atom stereocenters. The Hall–Kier alpha value is -1.62. The maximum Gasteiger partial charge on any atom is 0.260 e. The topological polar surface area (TPSA) is 91.5 Å². The highest BCUT2D eigenvalue weighted by atomic mass is 33.1. The fourth-order valence-electron chi connectivity index (χ4n) is 4.12. The van der Waals surface area contributed by atoms with Crippen LogP contribution in [0.15, 0.2) is 19.9 Å². The van der Waals surface area contributed by atoms with Gasteiger partial charge < -0.3 is 9.97 Å². The number of rotatable bonds is 3. The van der Waals surface area contributed by atoms with Crippen LogP contribution in [0.25, 0.3) is 20.4 Å². The molecule has 0 aromatic carbocycles. The molecule has 28 heavy (non-hydrogen) atoms. The molecule has 6 rings (SSSR count). The molecule has 142 valence electrons. The highest BCUT2D eigenvalue weighted by Crippen LogP contribution is 2.39. The average Bonchev–Trinajstić information content (AvgIpc) is 3.38. The molecule has 0 saturated carbocycles. The second kappa shape index (κ2) is 6.45. The van der Waals surface area contributed by atoms with Crippen molar-refractivity contribution in [1.82, 2.24) is 19.9 Å². The zero-order valence-electron chi connectivity index (χ0n) is 14.6. The lowest BCUT2D eigenvalue weighted by atomic mass is 10.2. The van der Waals surface area contributed by atoms with Crippen LogP contribution in [0.1, 0.15) is 33.7 Å².